The van der Waals surface area contributed by atoms with Crippen molar-refractivity contribution in [2.24, 2.45) is 0 Å². The van der Waals surface area contributed by atoms with Crippen LogP contribution in [0, 0.1) is 0 Å². The minimum atomic E-state index is -2.03. The Kier molecular flexibility index (Phi) is 2.11. The zero-order chi connectivity index (χ0) is 8.54. The number of allylic oxidation sites excluding steroid dienone is 4. The first-order valence-electron chi connectivity index (χ1n) is 3.86. The lowest BCUT2D eigenvalue weighted by Crippen LogP contribution is -2.19. The number of rotatable bonds is 1. The third-order valence-electron chi connectivity index (χ3n) is 2.34. The Morgan fingerprint density at radius 2 is 1.73 bits per heavy atom. The van der Waals surface area contributed by atoms with Crippen molar-refractivity contribution in [2.75, 3.05) is 13.3 Å². The van der Waals surface area contributed by atoms with E-state index in [1.807, 2.05) is 20.3 Å². The van der Waals surface area contributed by atoms with E-state index in [0.717, 1.165) is 6.42 Å². The second-order valence-electron chi connectivity index (χ2n) is 3.62. The second kappa shape index (κ2) is 2.64. The molecule has 0 bridgehead atoms. The molecule has 0 aromatic rings. The van der Waals surface area contributed by atoms with Crippen LogP contribution < -0.4 is 0 Å². The number of hydrogen-bond donors (Lipinski definition) is 0. The van der Waals surface area contributed by atoms with E-state index in [-0.39, 0.29) is 5.16 Å². The molecule has 1 aliphatic carbocycles. The summed E-state index contributed by atoms with van der Waals surface area (Å²) in [7, 11) is -2.03. The zero-order valence-corrected chi connectivity index (χ0v) is 8.27. The molecule has 1 rings (SSSR count). The zero-order valence-electron chi connectivity index (χ0n) is 7.37. The molecular weight excluding hydrogens is 155 g/mol. The molecular formula is C9H15OP. The largest absolute Gasteiger partial charge is 0.323 e. The molecule has 0 radical (unpaired) electrons. The first-order valence-corrected chi connectivity index (χ1v) is 6.46. The Bertz CT molecular complexity index is 232. The first-order chi connectivity index (χ1) is 4.96. The molecule has 0 fully saturated rings. The SMILES string of the molecule is CC1(P(C)(C)=O)C=CCC=C1. The quantitative estimate of drug-likeness (QED) is 0.437. The Hall–Kier alpha value is -0.290. The van der Waals surface area contributed by atoms with Gasteiger partial charge in [0, 0.05) is 0 Å². The van der Waals surface area contributed by atoms with Gasteiger partial charge in [0.15, 0.2) is 0 Å². The van der Waals surface area contributed by atoms with Crippen molar-refractivity contribution in [1.82, 2.24) is 0 Å². The van der Waals surface area contributed by atoms with Gasteiger partial charge in [0.05, 0.1) is 12.3 Å². The lowest BCUT2D eigenvalue weighted by atomic mass is 10.1. The van der Waals surface area contributed by atoms with Crippen molar-refractivity contribution in [2.45, 2.75) is 18.5 Å². The monoisotopic (exact) mass is 170 g/mol. The minimum absolute atomic E-state index is 0.189. The average Bonchev–Trinajstić information content (AvgIpc) is 1.87. The summed E-state index contributed by atoms with van der Waals surface area (Å²) in [6, 6.07) is 0. The standard InChI is InChI=1S/C9H15OP/c1-9(11(2,3)10)7-5-4-6-8-9/h5-8H,4H2,1-3H3. The van der Waals surface area contributed by atoms with Gasteiger partial charge in [0.1, 0.15) is 0 Å². The molecule has 1 nitrogen and oxygen atoms in total. The molecule has 11 heavy (non-hydrogen) atoms. The molecule has 0 saturated carbocycles. The lowest BCUT2D eigenvalue weighted by molar-refractivity contribution is 0.571. The highest BCUT2D eigenvalue weighted by Crippen LogP contribution is 2.53. The maximum Gasteiger partial charge on any atom is 0.0946 e. The van der Waals surface area contributed by atoms with Crippen molar-refractivity contribution in [3.05, 3.63) is 24.3 Å². The summed E-state index contributed by atoms with van der Waals surface area (Å²) in [4.78, 5) is 0. The summed E-state index contributed by atoms with van der Waals surface area (Å²) in [5, 5.41) is -0.189. The van der Waals surface area contributed by atoms with Gasteiger partial charge in [-0.15, -0.1) is 0 Å². The summed E-state index contributed by atoms with van der Waals surface area (Å²) in [6.07, 6.45) is 9.27. The van der Waals surface area contributed by atoms with Gasteiger partial charge in [-0.1, -0.05) is 24.3 Å². The average molecular weight is 170 g/mol. The molecule has 0 aliphatic heterocycles. The van der Waals surface area contributed by atoms with Gasteiger partial charge in [-0.25, -0.2) is 0 Å². The normalized spacial score (nSPS) is 22.1. The topological polar surface area (TPSA) is 17.1 Å². The van der Waals surface area contributed by atoms with Crippen molar-refractivity contribution in [3.8, 4) is 0 Å². The smallest absolute Gasteiger partial charge is 0.0946 e. The summed E-state index contributed by atoms with van der Waals surface area (Å²) in [5.41, 5.74) is 0. The minimum Gasteiger partial charge on any atom is -0.323 e. The molecule has 0 N–H and O–H groups in total. The second-order valence-corrected chi connectivity index (χ2v) is 7.28. The lowest BCUT2D eigenvalue weighted by Gasteiger charge is -2.28. The fourth-order valence-electron chi connectivity index (χ4n) is 1.11. The van der Waals surface area contributed by atoms with Crippen molar-refractivity contribution >= 4 is 7.14 Å². The number of hydrogen-bond acceptors (Lipinski definition) is 1. The summed E-state index contributed by atoms with van der Waals surface area (Å²) < 4.78 is 11.8. The van der Waals surface area contributed by atoms with Gasteiger partial charge in [0.25, 0.3) is 0 Å². The fraction of sp³-hybridized carbons (Fsp3) is 0.556. The van der Waals surface area contributed by atoms with Gasteiger partial charge in [-0.05, 0) is 26.7 Å². The Morgan fingerprint density at radius 1 is 1.27 bits per heavy atom. The highest BCUT2D eigenvalue weighted by atomic mass is 31.2. The van der Waals surface area contributed by atoms with Gasteiger partial charge >= 0.3 is 0 Å². The van der Waals surface area contributed by atoms with E-state index >= 15 is 0 Å². The van der Waals surface area contributed by atoms with Crippen LogP contribution in [0.1, 0.15) is 13.3 Å². The predicted octanol–water partition coefficient (Wildman–Crippen LogP) is 2.88. The summed E-state index contributed by atoms with van der Waals surface area (Å²) in [5.74, 6) is 0. The molecule has 62 valence electrons. The summed E-state index contributed by atoms with van der Waals surface area (Å²) >= 11 is 0. The molecule has 2 heteroatoms. The van der Waals surface area contributed by atoms with Gasteiger partial charge in [0.2, 0.25) is 0 Å². The Labute approximate surface area is 68.6 Å². The Balaban J connectivity index is 2.99. The third-order valence-corrected chi connectivity index (χ3v) is 4.96. The van der Waals surface area contributed by atoms with Crippen LogP contribution in [0.25, 0.3) is 0 Å². The van der Waals surface area contributed by atoms with Crippen LogP contribution in [-0.2, 0) is 4.57 Å². The highest BCUT2D eigenvalue weighted by Gasteiger charge is 2.32. The molecule has 0 aromatic heterocycles. The first kappa shape index (κ1) is 8.80. The van der Waals surface area contributed by atoms with Crippen molar-refractivity contribution in [1.29, 1.82) is 0 Å². The van der Waals surface area contributed by atoms with Gasteiger partial charge in [-0.3, -0.25) is 0 Å². The Morgan fingerprint density at radius 3 is 2.00 bits per heavy atom. The van der Waals surface area contributed by atoms with E-state index in [1.165, 1.54) is 0 Å². The van der Waals surface area contributed by atoms with E-state index in [1.54, 1.807) is 0 Å². The molecule has 0 heterocycles. The van der Waals surface area contributed by atoms with E-state index < -0.39 is 7.14 Å². The highest BCUT2D eigenvalue weighted by molar-refractivity contribution is 7.64. The fourth-order valence-corrected chi connectivity index (χ4v) is 2.04. The van der Waals surface area contributed by atoms with Crippen LogP contribution in [0.5, 0.6) is 0 Å². The van der Waals surface area contributed by atoms with Gasteiger partial charge in [-0.2, -0.15) is 0 Å². The van der Waals surface area contributed by atoms with Crippen molar-refractivity contribution < 1.29 is 4.57 Å². The molecule has 1 aliphatic rings. The summed E-state index contributed by atoms with van der Waals surface area (Å²) in [6.45, 7) is 5.71. The molecule has 0 atom stereocenters. The van der Waals surface area contributed by atoms with Crippen LogP contribution in [0.2, 0.25) is 0 Å². The van der Waals surface area contributed by atoms with Crippen LogP contribution in [0.15, 0.2) is 24.3 Å². The van der Waals surface area contributed by atoms with E-state index in [9.17, 15) is 4.57 Å². The van der Waals surface area contributed by atoms with E-state index in [4.69, 9.17) is 0 Å². The maximum atomic E-state index is 11.8. The van der Waals surface area contributed by atoms with Gasteiger partial charge < -0.3 is 4.57 Å². The van der Waals surface area contributed by atoms with Crippen LogP contribution in [0.3, 0.4) is 0 Å². The molecule has 0 amide bonds. The third kappa shape index (κ3) is 1.65. The molecule has 0 unspecified atom stereocenters. The van der Waals surface area contributed by atoms with E-state index in [0.29, 0.717) is 0 Å². The van der Waals surface area contributed by atoms with Crippen LogP contribution in [-0.4, -0.2) is 18.5 Å². The predicted molar refractivity (Wildman–Crippen MR) is 50.8 cm³/mol. The van der Waals surface area contributed by atoms with E-state index in [2.05, 4.69) is 24.3 Å². The molecule has 0 spiro atoms. The molecule has 0 aromatic carbocycles. The molecule has 0 saturated heterocycles. The van der Waals surface area contributed by atoms with Crippen molar-refractivity contribution in [3.63, 3.8) is 0 Å². The van der Waals surface area contributed by atoms with Crippen LogP contribution in [0.4, 0.5) is 0 Å². The van der Waals surface area contributed by atoms with Crippen LogP contribution >= 0.6 is 7.14 Å². The maximum absolute atomic E-state index is 11.8.